The maximum Gasteiger partial charge on any atom is 0.248 e. The molecule has 0 amide bonds. The molecule has 1 aromatic carbocycles. The molecule has 3 aromatic rings. The summed E-state index contributed by atoms with van der Waals surface area (Å²) in [6.45, 7) is 1.89. The van der Waals surface area contributed by atoms with Crippen LogP contribution in [0.25, 0.3) is 11.4 Å². The number of pyridine rings is 1. The highest BCUT2D eigenvalue weighted by atomic mass is 16.5. The molecule has 0 unspecified atom stereocenters. The lowest BCUT2D eigenvalue weighted by Gasteiger charge is -2.21. The lowest BCUT2D eigenvalue weighted by molar-refractivity contribution is 0.201. The van der Waals surface area contributed by atoms with E-state index in [9.17, 15) is 4.79 Å². The largest absolute Gasteiger partial charge is 0.337 e. The van der Waals surface area contributed by atoms with Crippen molar-refractivity contribution >= 4 is 0 Å². The molecule has 6 nitrogen and oxygen atoms in total. The van der Waals surface area contributed by atoms with Gasteiger partial charge in [-0.3, -0.25) is 9.69 Å². The Bertz CT molecular complexity index is 872. The molecule has 2 aromatic heterocycles. The Balaban J connectivity index is 1.56. The van der Waals surface area contributed by atoms with Crippen molar-refractivity contribution in [1.82, 2.24) is 20.0 Å². The maximum absolute atomic E-state index is 11.4. The van der Waals surface area contributed by atoms with Gasteiger partial charge >= 0.3 is 0 Å². The van der Waals surface area contributed by atoms with Crippen LogP contribution in [-0.4, -0.2) is 26.6 Å². The smallest absolute Gasteiger partial charge is 0.248 e. The molecule has 0 bridgehead atoms. The molecule has 1 saturated heterocycles. The van der Waals surface area contributed by atoms with Gasteiger partial charge in [-0.05, 0) is 31.0 Å². The predicted octanol–water partition coefficient (Wildman–Crippen LogP) is 2.76. The number of aromatic amines is 1. The molecule has 1 N–H and O–H groups in total. The third-order valence-corrected chi connectivity index (χ3v) is 4.35. The Labute approximate surface area is 139 Å². The van der Waals surface area contributed by atoms with E-state index < -0.39 is 0 Å². The van der Waals surface area contributed by atoms with Crippen LogP contribution in [0.4, 0.5) is 0 Å². The van der Waals surface area contributed by atoms with Gasteiger partial charge in [-0.25, -0.2) is 0 Å². The molecule has 0 radical (unpaired) electrons. The zero-order valence-electron chi connectivity index (χ0n) is 13.2. The Kier molecular flexibility index (Phi) is 3.96. The molecule has 0 spiro atoms. The summed E-state index contributed by atoms with van der Waals surface area (Å²) in [5.41, 5.74) is 1.77. The predicted molar refractivity (Wildman–Crippen MR) is 89.2 cm³/mol. The second kappa shape index (κ2) is 6.41. The number of hydrogen-bond donors (Lipinski definition) is 1. The van der Waals surface area contributed by atoms with Crippen molar-refractivity contribution in [2.75, 3.05) is 6.54 Å². The van der Waals surface area contributed by atoms with Gasteiger partial charge in [0.15, 0.2) is 0 Å². The van der Waals surface area contributed by atoms with Gasteiger partial charge in [-0.1, -0.05) is 35.5 Å². The summed E-state index contributed by atoms with van der Waals surface area (Å²) in [7, 11) is 0. The lowest BCUT2D eigenvalue weighted by Crippen LogP contribution is -2.23. The second-order valence-corrected chi connectivity index (χ2v) is 6.01. The zero-order chi connectivity index (χ0) is 16.4. The molecule has 0 saturated carbocycles. The summed E-state index contributed by atoms with van der Waals surface area (Å²) >= 11 is 0. The fraction of sp³-hybridized carbons (Fsp3) is 0.278. The minimum absolute atomic E-state index is 0.133. The maximum atomic E-state index is 11.4. The van der Waals surface area contributed by atoms with Crippen molar-refractivity contribution in [3.63, 3.8) is 0 Å². The Hall–Kier alpha value is -2.73. The number of rotatable bonds is 4. The Morgan fingerprint density at radius 3 is 2.96 bits per heavy atom. The summed E-state index contributed by atoms with van der Waals surface area (Å²) < 4.78 is 5.50. The first-order valence-electron chi connectivity index (χ1n) is 8.10. The van der Waals surface area contributed by atoms with Crippen LogP contribution in [0.2, 0.25) is 0 Å². The lowest BCUT2D eigenvalue weighted by atomic mass is 10.2. The van der Waals surface area contributed by atoms with Gasteiger partial charge in [0.1, 0.15) is 0 Å². The molecule has 4 rings (SSSR count). The van der Waals surface area contributed by atoms with E-state index in [4.69, 9.17) is 4.52 Å². The standard InChI is InChI=1S/C18H18N4O2/c23-16-11-14(8-9-19-16)17-20-18(24-21-17)15-7-4-10-22(15)12-13-5-2-1-3-6-13/h1-3,5-6,8-9,11,15H,4,7,10,12H2,(H,19,23)/t15-/m0/s1. The fourth-order valence-electron chi connectivity index (χ4n) is 3.18. The van der Waals surface area contributed by atoms with E-state index in [0.29, 0.717) is 17.3 Å². The number of hydrogen-bond acceptors (Lipinski definition) is 5. The molecular formula is C18H18N4O2. The summed E-state index contributed by atoms with van der Waals surface area (Å²) in [6.07, 6.45) is 3.70. The van der Waals surface area contributed by atoms with Gasteiger partial charge in [0.2, 0.25) is 17.3 Å². The van der Waals surface area contributed by atoms with E-state index in [2.05, 4.69) is 44.3 Å². The van der Waals surface area contributed by atoms with Crippen molar-refractivity contribution in [3.8, 4) is 11.4 Å². The van der Waals surface area contributed by atoms with E-state index in [1.165, 1.54) is 11.6 Å². The van der Waals surface area contributed by atoms with Crippen LogP contribution in [0.5, 0.6) is 0 Å². The number of aromatic nitrogens is 3. The molecule has 24 heavy (non-hydrogen) atoms. The summed E-state index contributed by atoms with van der Waals surface area (Å²) in [5, 5.41) is 4.05. The minimum atomic E-state index is -0.176. The molecule has 1 aliphatic rings. The van der Waals surface area contributed by atoms with Crippen LogP contribution in [-0.2, 0) is 6.54 Å². The summed E-state index contributed by atoms with van der Waals surface area (Å²) in [5.74, 6) is 1.08. The molecule has 1 fully saturated rings. The SMILES string of the molecule is O=c1cc(-c2noc([C@@H]3CCCN3Cc3ccccc3)n2)cc[nH]1. The minimum Gasteiger partial charge on any atom is -0.337 e. The van der Waals surface area contributed by atoms with E-state index in [-0.39, 0.29) is 11.6 Å². The van der Waals surface area contributed by atoms with E-state index in [1.807, 2.05) is 6.07 Å². The van der Waals surface area contributed by atoms with Gasteiger partial charge in [0.25, 0.3) is 0 Å². The van der Waals surface area contributed by atoms with Crippen LogP contribution < -0.4 is 5.56 Å². The quantitative estimate of drug-likeness (QED) is 0.799. The van der Waals surface area contributed by atoms with Crippen molar-refractivity contribution in [3.05, 3.63) is 70.5 Å². The van der Waals surface area contributed by atoms with Crippen LogP contribution in [0.3, 0.4) is 0 Å². The Morgan fingerprint density at radius 1 is 1.25 bits per heavy atom. The highest BCUT2D eigenvalue weighted by Gasteiger charge is 2.30. The van der Waals surface area contributed by atoms with Gasteiger partial charge in [-0.2, -0.15) is 4.98 Å². The molecule has 1 atom stereocenters. The number of likely N-dealkylation sites (tertiary alicyclic amines) is 1. The highest BCUT2D eigenvalue weighted by Crippen LogP contribution is 2.33. The van der Waals surface area contributed by atoms with Crippen molar-refractivity contribution in [2.45, 2.75) is 25.4 Å². The summed E-state index contributed by atoms with van der Waals surface area (Å²) in [4.78, 5) is 20.9. The first kappa shape index (κ1) is 14.8. The first-order valence-corrected chi connectivity index (χ1v) is 8.10. The van der Waals surface area contributed by atoms with Crippen LogP contribution in [0, 0.1) is 0 Å². The van der Waals surface area contributed by atoms with Gasteiger partial charge in [0, 0.05) is 24.4 Å². The molecule has 3 heterocycles. The molecule has 0 aliphatic carbocycles. The van der Waals surface area contributed by atoms with Crippen molar-refractivity contribution in [2.24, 2.45) is 0 Å². The van der Waals surface area contributed by atoms with E-state index >= 15 is 0 Å². The third kappa shape index (κ3) is 3.00. The topological polar surface area (TPSA) is 75.0 Å². The zero-order valence-corrected chi connectivity index (χ0v) is 13.2. The summed E-state index contributed by atoms with van der Waals surface area (Å²) in [6, 6.07) is 13.8. The average molecular weight is 322 g/mol. The van der Waals surface area contributed by atoms with Crippen LogP contribution in [0.15, 0.2) is 58.0 Å². The fourth-order valence-corrected chi connectivity index (χ4v) is 3.18. The average Bonchev–Trinajstić information content (AvgIpc) is 3.25. The number of H-pyrrole nitrogens is 1. The highest BCUT2D eigenvalue weighted by molar-refractivity contribution is 5.52. The number of nitrogens with one attached hydrogen (secondary N) is 1. The normalized spacial score (nSPS) is 18.1. The molecule has 1 aliphatic heterocycles. The molecule has 6 heteroatoms. The van der Waals surface area contributed by atoms with Gasteiger partial charge < -0.3 is 9.51 Å². The first-order chi connectivity index (χ1) is 11.8. The van der Waals surface area contributed by atoms with Crippen LogP contribution in [0.1, 0.15) is 30.3 Å². The van der Waals surface area contributed by atoms with E-state index in [1.54, 1.807) is 12.3 Å². The van der Waals surface area contributed by atoms with Gasteiger partial charge in [-0.15, -0.1) is 0 Å². The second-order valence-electron chi connectivity index (χ2n) is 6.01. The Morgan fingerprint density at radius 2 is 2.12 bits per heavy atom. The van der Waals surface area contributed by atoms with Crippen molar-refractivity contribution < 1.29 is 4.52 Å². The van der Waals surface area contributed by atoms with Crippen LogP contribution >= 0.6 is 0 Å². The van der Waals surface area contributed by atoms with E-state index in [0.717, 1.165) is 25.9 Å². The molecular weight excluding hydrogens is 304 g/mol. The van der Waals surface area contributed by atoms with Gasteiger partial charge in [0.05, 0.1) is 6.04 Å². The third-order valence-electron chi connectivity index (χ3n) is 4.35. The monoisotopic (exact) mass is 322 g/mol. The number of nitrogens with zero attached hydrogens (tertiary/aromatic N) is 3. The van der Waals surface area contributed by atoms with Crippen molar-refractivity contribution in [1.29, 1.82) is 0 Å². The number of benzene rings is 1. The molecule has 122 valence electrons.